The third kappa shape index (κ3) is 4.73. The van der Waals surface area contributed by atoms with Gasteiger partial charge in [-0.05, 0) is 107 Å². The van der Waals surface area contributed by atoms with E-state index in [1.807, 2.05) is 30.7 Å². The fraction of sp³-hybridized carbons (Fsp3) is 0. The summed E-state index contributed by atoms with van der Waals surface area (Å²) in [6.45, 7) is 0. The average Bonchev–Trinajstić information content (AvgIpc) is 3.19. The first-order chi connectivity index (χ1) is 24.8. The van der Waals surface area contributed by atoms with Crippen LogP contribution in [0.15, 0.2) is 182 Å². The summed E-state index contributed by atoms with van der Waals surface area (Å²) < 4.78 is 0. The smallest absolute Gasteiger partial charge is 0.0702 e. The molecular weight excluding hydrogens is 605 g/mol. The molecule has 2 aromatic heterocycles. The van der Waals surface area contributed by atoms with Crippen molar-refractivity contribution >= 4 is 54.0 Å². The zero-order valence-electron chi connectivity index (χ0n) is 27.2. The summed E-state index contributed by atoms with van der Waals surface area (Å²) in [6, 6.07) is 59.5. The molecule has 0 radical (unpaired) electrons. The molecule has 0 N–H and O–H groups in total. The first kappa shape index (κ1) is 28.4. The van der Waals surface area contributed by atoms with Crippen LogP contribution in [-0.4, -0.2) is 9.97 Å². The average molecular weight is 635 g/mol. The summed E-state index contributed by atoms with van der Waals surface area (Å²) in [5, 5.41) is 11.0. The fourth-order valence-corrected chi connectivity index (χ4v) is 7.65. The summed E-state index contributed by atoms with van der Waals surface area (Å²) in [7, 11) is 0. The predicted molar refractivity (Wildman–Crippen MR) is 211 cm³/mol. The second-order valence-electron chi connectivity index (χ2n) is 13.1. The molecule has 0 aliphatic heterocycles. The number of pyridine rings is 2. The van der Waals surface area contributed by atoms with Gasteiger partial charge in [-0.25, -0.2) is 0 Å². The van der Waals surface area contributed by atoms with E-state index in [0.717, 1.165) is 33.2 Å². The van der Waals surface area contributed by atoms with Crippen molar-refractivity contribution in [2.24, 2.45) is 0 Å². The molecule has 10 rings (SSSR count). The van der Waals surface area contributed by atoms with E-state index in [4.69, 9.17) is 9.97 Å². The minimum Gasteiger partial charge on any atom is -0.263 e. The Morgan fingerprint density at radius 2 is 0.760 bits per heavy atom. The van der Waals surface area contributed by atoms with Crippen LogP contribution in [0.2, 0.25) is 0 Å². The number of hydrogen-bond acceptors (Lipinski definition) is 2. The number of para-hydroxylation sites is 1. The molecule has 2 heterocycles. The topological polar surface area (TPSA) is 25.8 Å². The second-order valence-corrected chi connectivity index (χ2v) is 13.1. The quantitative estimate of drug-likeness (QED) is 0.180. The number of nitrogens with zero attached hydrogens (tertiary/aromatic N) is 2. The molecule has 10 aromatic rings. The molecule has 0 saturated heterocycles. The SMILES string of the molecule is c1ccc2cc(-c3c4ccccc4c(-c4ccc5ccccc5c4)c4cc(-c5cncc(-c6cnc7ccccc7c6)c5)ccc34)ccc2c1. The highest BCUT2D eigenvalue weighted by atomic mass is 14.7. The zero-order chi connectivity index (χ0) is 33.0. The molecule has 0 amide bonds. The first-order valence-corrected chi connectivity index (χ1v) is 17.0. The Balaban J connectivity index is 1.24. The largest absolute Gasteiger partial charge is 0.263 e. The highest BCUT2D eigenvalue weighted by Crippen LogP contribution is 2.45. The Kier molecular flexibility index (Phi) is 6.53. The van der Waals surface area contributed by atoms with Crippen molar-refractivity contribution in [1.82, 2.24) is 9.97 Å². The van der Waals surface area contributed by atoms with Gasteiger partial charge in [0.15, 0.2) is 0 Å². The predicted octanol–water partition coefficient (Wildman–Crippen LogP) is 12.9. The van der Waals surface area contributed by atoms with Gasteiger partial charge in [-0.1, -0.05) is 127 Å². The summed E-state index contributed by atoms with van der Waals surface area (Å²) in [5.41, 5.74) is 10.2. The van der Waals surface area contributed by atoms with Crippen LogP contribution in [0.3, 0.4) is 0 Å². The van der Waals surface area contributed by atoms with E-state index in [2.05, 4.69) is 152 Å². The summed E-state index contributed by atoms with van der Waals surface area (Å²) in [6.07, 6.45) is 5.85. The Hall–Kier alpha value is -6.64. The lowest BCUT2D eigenvalue weighted by molar-refractivity contribution is 1.32. The maximum absolute atomic E-state index is 4.73. The molecule has 0 unspecified atom stereocenters. The van der Waals surface area contributed by atoms with Crippen LogP contribution in [0.5, 0.6) is 0 Å². The maximum atomic E-state index is 4.73. The molecule has 232 valence electrons. The summed E-state index contributed by atoms with van der Waals surface area (Å²) in [4.78, 5) is 9.45. The lowest BCUT2D eigenvalue weighted by Gasteiger charge is -2.19. The minimum atomic E-state index is 0.991. The molecule has 2 nitrogen and oxygen atoms in total. The molecular formula is C48H30N2. The van der Waals surface area contributed by atoms with Gasteiger partial charge in [0, 0.05) is 40.7 Å². The third-order valence-electron chi connectivity index (χ3n) is 10.1. The number of aromatic nitrogens is 2. The number of hydrogen-bond donors (Lipinski definition) is 0. The van der Waals surface area contributed by atoms with E-state index in [1.165, 1.54) is 65.3 Å². The van der Waals surface area contributed by atoms with Crippen LogP contribution >= 0.6 is 0 Å². The molecule has 0 bridgehead atoms. The Bertz CT molecular complexity index is 2940. The van der Waals surface area contributed by atoms with E-state index >= 15 is 0 Å². The summed E-state index contributed by atoms with van der Waals surface area (Å²) in [5.74, 6) is 0. The van der Waals surface area contributed by atoms with Crippen LogP contribution in [0, 0.1) is 0 Å². The molecule has 0 saturated carbocycles. The van der Waals surface area contributed by atoms with Crippen LogP contribution in [-0.2, 0) is 0 Å². The van der Waals surface area contributed by atoms with Crippen molar-refractivity contribution in [3.8, 4) is 44.5 Å². The number of fused-ring (bicyclic) bond motifs is 5. The molecule has 2 heteroatoms. The van der Waals surface area contributed by atoms with Crippen LogP contribution in [0.25, 0.3) is 98.5 Å². The van der Waals surface area contributed by atoms with Gasteiger partial charge < -0.3 is 0 Å². The van der Waals surface area contributed by atoms with Crippen molar-refractivity contribution < 1.29 is 0 Å². The standard InChI is InChI=1S/C48H30N2/c1-3-11-33-23-37(19-17-31(33)9-1)47-42-14-6-7-15-43(42)48(38-20-18-32-10-2-4-12-34(32)24-38)45-27-35(21-22-44(45)47)39-26-40(29-49-28-39)41-25-36-13-5-8-16-46(36)50-30-41/h1-30H. The van der Waals surface area contributed by atoms with E-state index in [1.54, 1.807) is 0 Å². The van der Waals surface area contributed by atoms with Gasteiger partial charge >= 0.3 is 0 Å². The van der Waals surface area contributed by atoms with Gasteiger partial charge in [-0.3, -0.25) is 9.97 Å². The van der Waals surface area contributed by atoms with Crippen LogP contribution in [0.1, 0.15) is 0 Å². The molecule has 0 spiro atoms. The van der Waals surface area contributed by atoms with E-state index in [9.17, 15) is 0 Å². The first-order valence-electron chi connectivity index (χ1n) is 17.0. The summed E-state index contributed by atoms with van der Waals surface area (Å²) >= 11 is 0. The van der Waals surface area contributed by atoms with Gasteiger partial charge in [0.25, 0.3) is 0 Å². The van der Waals surface area contributed by atoms with E-state index < -0.39 is 0 Å². The number of rotatable bonds is 4. The fourth-order valence-electron chi connectivity index (χ4n) is 7.65. The van der Waals surface area contributed by atoms with E-state index in [0.29, 0.717) is 0 Å². The van der Waals surface area contributed by atoms with Crippen molar-refractivity contribution in [3.05, 3.63) is 182 Å². The van der Waals surface area contributed by atoms with Gasteiger partial charge in [0.05, 0.1) is 5.52 Å². The van der Waals surface area contributed by atoms with Crippen molar-refractivity contribution in [1.29, 1.82) is 0 Å². The second kappa shape index (κ2) is 11.5. The molecule has 50 heavy (non-hydrogen) atoms. The highest BCUT2D eigenvalue weighted by molar-refractivity contribution is 6.22. The van der Waals surface area contributed by atoms with Gasteiger partial charge in [0.2, 0.25) is 0 Å². The van der Waals surface area contributed by atoms with Crippen LogP contribution < -0.4 is 0 Å². The Labute approximate surface area is 290 Å². The van der Waals surface area contributed by atoms with Crippen molar-refractivity contribution in [2.45, 2.75) is 0 Å². The minimum absolute atomic E-state index is 0.991. The van der Waals surface area contributed by atoms with Crippen LogP contribution in [0.4, 0.5) is 0 Å². The lowest BCUT2D eigenvalue weighted by atomic mass is 9.84. The van der Waals surface area contributed by atoms with Crippen molar-refractivity contribution in [2.75, 3.05) is 0 Å². The Morgan fingerprint density at radius 1 is 0.280 bits per heavy atom. The maximum Gasteiger partial charge on any atom is 0.0702 e. The van der Waals surface area contributed by atoms with Gasteiger partial charge in [-0.15, -0.1) is 0 Å². The molecule has 0 aliphatic rings. The zero-order valence-corrected chi connectivity index (χ0v) is 27.2. The van der Waals surface area contributed by atoms with Gasteiger partial charge in [-0.2, -0.15) is 0 Å². The molecule has 0 atom stereocenters. The monoisotopic (exact) mass is 634 g/mol. The lowest BCUT2D eigenvalue weighted by Crippen LogP contribution is -1.92. The third-order valence-corrected chi connectivity index (χ3v) is 10.1. The van der Waals surface area contributed by atoms with E-state index in [-0.39, 0.29) is 0 Å². The normalized spacial score (nSPS) is 11.6. The van der Waals surface area contributed by atoms with Crippen molar-refractivity contribution in [3.63, 3.8) is 0 Å². The van der Waals surface area contributed by atoms with Gasteiger partial charge in [0.1, 0.15) is 0 Å². The Morgan fingerprint density at radius 3 is 1.44 bits per heavy atom. The highest BCUT2D eigenvalue weighted by Gasteiger charge is 2.18. The number of benzene rings is 8. The molecule has 0 fully saturated rings. The molecule has 0 aliphatic carbocycles. The molecule has 8 aromatic carbocycles.